The lowest BCUT2D eigenvalue weighted by atomic mass is 10.0. The van der Waals surface area contributed by atoms with Gasteiger partial charge >= 0.3 is 0 Å². The van der Waals surface area contributed by atoms with Crippen molar-refractivity contribution in [2.45, 2.75) is 19.4 Å². The monoisotopic (exact) mass is 329 g/mol. The minimum atomic E-state index is -0.324. The Morgan fingerprint density at radius 3 is 2.75 bits per heavy atom. The van der Waals surface area contributed by atoms with E-state index < -0.39 is 0 Å². The van der Waals surface area contributed by atoms with Gasteiger partial charge in [-0.1, -0.05) is 0 Å². The van der Waals surface area contributed by atoms with E-state index in [-0.39, 0.29) is 11.4 Å². The molecular weight excluding hydrogens is 306 g/mol. The zero-order valence-electron chi connectivity index (χ0n) is 14.1. The maximum absolute atomic E-state index is 12.5. The van der Waals surface area contributed by atoms with E-state index in [1.54, 1.807) is 29.2 Å². The van der Waals surface area contributed by atoms with Crippen molar-refractivity contribution < 1.29 is 9.53 Å². The molecule has 0 unspecified atom stereocenters. The van der Waals surface area contributed by atoms with Crippen LogP contribution in [0.25, 0.3) is 5.82 Å². The van der Waals surface area contributed by atoms with Crippen LogP contribution >= 0.6 is 0 Å². The molecule has 7 nitrogen and oxygen atoms in total. The van der Waals surface area contributed by atoms with Crippen molar-refractivity contribution in [3.63, 3.8) is 0 Å². The Bertz CT molecular complexity index is 661. The molecule has 1 aliphatic rings. The fourth-order valence-corrected chi connectivity index (χ4v) is 2.80. The number of amides is 1. The molecule has 128 valence electrons. The summed E-state index contributed by atoms with van der Waals surface area (Å²) in [4.78, 5) is 19.1. The molecule has 2 aromatic rings. The van der Waals surface area contributed by atoms with E-state index in [0.717, 1.165) is 32.8 Å². The van der Waals surface area contributed by atoms with Crippen LogP contribution in [0.2, 0.25) is 0 Å². The first kappa shape index (κ1) is 16.6. The lowest BCUT2D eigenvalue weighted by Gasteiger charge is -2.35. The smallest absolute Gasteiger partial charge is 0.253 e. The average Bonchev–Trinajstić information content (AvgIpc) is 3.09. The molecule has 24 heavy (non-hydrogen) atoms. The van der Waals surface area contributed by atoms with Crippen molar-refractivity contribution in [1.29, 1.82) is 0 Å². The molecule has 0 saturated carbocycles. The van der Waals surface area contributed by atoms with Gasteiger partial charge < -0.3 is 10.1 Å². The Kier molecular flexibility index (Phi) is 4.92. The van der Waals surface area contributed by atoms with Crippen molar-refractivity contribution in [1.82, 2.24) is 25.0 Å². The molecule has 0 radical (unpaired) electrons. The summed E-state index contributed by atoms with van der Waals surface area (Å²) in [6.45, 7) is 8.17. The molecule has 3 heterocycles. The van der Waals surface area contributed by atoms with Crippen LogP contribution in [0.5, 0.6) is 0 Å². The quantitative estimate of drug-likeness (QED) is 0.890. The lowest BCUT2D eigenvalue weighted by Crippen LogP contribution is -2.53. The second-order valence-corrected chi connectivity index (χ2v) is 6.58. The predicted molar refractivity (Wildman–Crippen MR) is 90.2 cm³/mol. The molecule has 1 saturated heterocycles. The van der Waals surface area contributed by atoms with Crippen LogP contribution in [0.3, 0.4) is 0 Å². The minimum Gasteiger partial charge on any atom is -0.379 e. The van der Waals surface area contributed by atoms with Crippen molar-refractivity contribution >= 4 is 5.91 Å². The summed E-state index contributed by atoms with van der Waals surface area (Å²) >= 11 is 0. The summed E-state index contributed by atoms with van der Waals surface area (Å²) in [6.07, 6.45) is 5.08. The molecule has 0 bridgehead atoms. The van der Waals surface area contributed by atoms with Gasteiger partial charge in [0.2, 0.25) is 0 Å². The van der Waals surface area contributed by atoms with Crippen LogP contribution in [-0.2, 0) is 4.74 Å². The van der Waals surface area contributed by atoms with Gasteiger partial charge in [-0.2, -0.15) is 5.10 Å². The molecule has 3 rings (SSSR count). The second kappa shape index (κ2) is 7.11. The van der Waals surface area contributed by atoms with Crippen molar-refractivity contribution in [3.8, 4) is 5.82 Å². The highest BCUT2D eigenvalue weighted by Crippen LogP contribution is 2.11. The first-order valence-electron chi connectivity index (χ1n) is 8.12. The summed E-state index contributed by atoms with van der Waals surface area (Å²) in [6, 6.07) is 5.39. The molecule has 1 N–H and O–H groups in total. The van der Waals surface area contributed by atoms with Crippen LogP contribution in [0, 0.1) is 0 Å². The Morgan fingerprint density at radius 1 is 1.33 bits per heavy atom. The number of pyridine rings is 1. The standard InChI is InChI=1S/C17H23N5O2/c1-17(2,13-21-8-10-24-11-9-21)20-16(23)14-4-5-15(18-12-14)22-7-3-6-19-22/h3-7,12H,8-11,13H2,1-2H3,(H,20,23). The van der Waals surface area contributed by atoms with Gasteiger partial charge in [-0.25, -0.2) is 9.67 Å². The third-order valence-corrected chi connectivity index (χ3v) is 3.92. The number of ether oxygens (including phenoxy) is 1. The van der Waals surface area contributed by atoms with Gasteiger partial charge in [-0.15, -0.1) is 0 Å². The van der Waals surface area contributed by atoms with Crippen LogP contribution in [0.15, 0.2) is 36.8 Å². The van der Waals surface area contributed by atoms with Crippen LogP contribution in [-0.4, -0.2) is 64.0 Å². The summed E-state index contributed by atoms with van der Waals surface area (Å²) in [5.41, 5.74) is 0.218. The SMILES string of the molecule is CC(C)(CN1CCOCC1)NC(=O)c1ccc(-n2cccn2)nc1. The third kappa shape index (κ3) is 4.18. The van der Waals surface area contributed by atoms with Crippen molar-refractivity contribution in [3.05, 3.63) is 42.4 Å². The van der Waals surface area contributed by atoms with Crippen LogP contribution < -0.4 is 5.32 Å². The van der Waals surface area contributed by atoms with E-state index in [4.69, 9.17) is 4.74 Å². The fourth-order valence-electron chi connectivity index (χ4n) is 2.80. The predicted octanol–water partition coefficient (Wildman–Crippen LogP) is 1.11. The Balaban J connectivity index is 1.61. The summed E-state index contributed by atoms with van der Waals surface area (Å²) in [5, 5.41) is 7.21. The molecule has 1 fully saturated rings. The number of nitrogens with zero attached hydrogens (tertiary/aromatic N) is 4. The summed E-state index contributed by atoms with van der Waals surface area (Å²) in [5.74, 6) is 0.567. The second-order valence-electron chi connectivity index (χ2n) is 6.58. The summed E-state index contributed by atoms with van der Waals surface area (Å²) < 4.78 is 7.02. The fraction of sp³-hybridized carbons (Fsp3) is 0.471. The van der Waals surface area contributed by atoms with E-state index >= 15 is 0 Å². The van der Waals surface area contributed by atoms with Crippen molar-refractivity contribution in [2.75, 3.05) is 32.8 Å². The number of carbonyl (C=O) groups excluding carboxylic acids is 1. The Morgan fingerprint density at radius 2 is 2.12 bits per heavy atom. The number of hydrogen-bond donors (Lipinski definition) is 1. The number of carbonyl (C=O) groups is 1. The molecule has 0 spiro atoms. The Hall–Kier alpha value is -2.25. The molecular formula is C17H23N5O2. The normalized spacial score (nSPS) is 16.1. The highest BCUT2D eigenvalue weighted by atomic mass is 16.5. The highest BCUT2D eigenvalue weighted by Gasteiger charge is 2.25. The van der Waals surface area contributed by atoms with Gasteiger partial charge in [0.15, 0.2) is 5.82 Å². The van der Waals surface area contributed by atoms with Gasteiger partial charge in [0.05, 0.1) is 18.8 Å². The van der Waals surface area contributed by atoms with E-state index in [1.165, 1.54) is 0 Å². The first-order chi connectivity index (χ1) is 11.5. The lowest BCUT2D eigenvalue weighted by molar-refractivity contribution is 0.0269. The molecule has 0 aliphatic carbocycles. The number of rotatable bonds is 5. The van der Waals surface area contributed by atoms with E-state index in [0.29, 0.717) is 11.4 Å². The van der Waals surface area contributed by atoms with Gasteiger partial charge in [0.1, 0.15) is 0 Å². The van der Waals surface area contributed by atoms with Crippen LogP contribution in [0.4, 0.5) is 0 Å². The zero-order chi connectivity index (χ0) is 17.0. The molecule has 2 aromatic heterocycles. The van der Waals surface area contributed by atoms with Gasteiger partial charge in [0.25, 0.3) is 5.91 Å². The largest absolute Gasteiger partial charge is 0.379 e. The topological polar surface area (TPSA) is 72.3 Å². The van der Waals surface area contributed by atoms with Crippen molar-refractivity contribution in [2.24, 2.45) is 0 Å². The number of aromatic nitrogens is 3. The minimum absolute atomic E-state index is 0.118. The maximum Gasteiger partial charge on any atom is 0.253 e. The number of morpholine rings is 1. The third-order valence-electron chi connectivity index (χ3n) is 3.92. The highest BCUT2D eigenvalue weighted by molar-refractivity contribution is 5.94. The first-order valence-corrected chi connectivity index (χ1v) is 8.12. The van der Waals surface area contributed by atoms with E-state index in [9.17, 15) is 4.79 Å². The molecule has 7 heteroatoms. The Labute approximate surface area is 141 Å². The molecule has 0 atom stereocenters. The molecule has 1 amide bonds. The van der Waals surface area contributed by atoms with E-state index in [2.05, 4.69) is 20.3 Å². The van der Waals surface area contributed by atoms with Gasteiger partial charge in [-0.05, 0) is 32.0 Å². The molecule has 1 aliphatic heterocycles. The maximum atomic E-state index is 12.5. The van der Waals surface area contributed by atoms with Gasteiger partial charge in [-0.3, -0.25) is 9.69 Å². The number of hydrogen-bond acceptors (Lipinski definition) is 5. The average molecular weight is 329 g/mol. The zero-order valence-corrected chi connectivity index (χ0v) is 14.1. The van der Waals surface area contributed by atoms with E-state index in [1.807, 2.05) is 26.1 Å². The number of nitrogens with one attached hydrogen (secondary N) is 1. The van der Waals surface area contributed by atoms with Crippen LogP contribution in [0.1, 0.15) is 24.2 Å². The van der Waals surface area contributed by atoms with Gasteiger partial charge in [0, 0.05) is 43.8 Å². The molecule has 0 aromatic carbocycles. The summed E-state index contributed by atoms with van der Waals surface area (Å²) in [7, 11) is 0.